The van der Waals surface area contributed by atoms with Gasteiger partial charge in [-0.2, -0.15) is 0 Å². The molecule has 2 aromatic carbocycles. The number of aryl methyl sites for hydroxylation is 2. The minimum atomic E-state index is 0.276. The smallest absolute Gasteiger partial charge is 0.227 e. The van der Waals surface area contributed by atoms with Crippen LogP contribution in [0.25, 0.3) is 22.1 Å². The normalized spacial score (nSPS) is 23.9. The van der Waals surface area contributed by atoms with E-state index in [1.165, 1.54) is 22.4 Å². The minimum absolute atomic E-state index is 0.276. The quantitative estimate of drug-likeness (QED) is 0.411. The van der Waals surface area contributed by atoms with Crippen molar-refractivity contribution in [1.29, 1.82) is 0 Å². The molecule has 0 saturated carbocycles. The molecule has 1 saturated heterocycles. The van der Waals surface area contributed by atoms with Crippen LogP contribution in [-0.2, 0) is 0 Å². The van der Waals surface area contributed by atoms with E-state index in [0.29, 0.717) is 12.1 Å². The van der Waals surface area contributed by atoms with E-state index in [9.17, 15) is 0 Å². The highest BCUT2D eigenvalue weighted by Crippen LogP contribution is 2.53. The van der Waals surface area contributed by atoms with Crippen molar-refractivity contribution in [2.45, 2.75) is 45.4 Å². The van der Waals surface area contributed by atoms with Gasteiger partial charge in [0, 0.05) is 22.5 Å². The maximum absolute atomic E-state index is 6.41. The van der Waals surface area contributed by atoms with Crippen molar-refractivity contribution in [3.8, 4) is 0 Å². The van der Waals surface area contributed by atoms with Crippen molar-refractivity contribution in [1.82, 2.24) is 9.88 Å². The molecule has 4 nitrogen and oxygen atoms in total. The molecule has 146 valence electrons. The summed E-state index contributed by atoms with van der Waals surface area (Å²) in [5.74, 6) is 0. The second kappa shape index (κ2) is 5.83. The summed E-state index contributed by atoms with van der Waals surface area (Å²) in [5, 5.41) is 2.24. The fourth-order valence-electron chi connectivity index (χ4n) is 5.51. The molecule has 0 radical (unpaired) electrons. The number of benzene rings is 2. The van der Waals surface area contributed by atoms with E-state index in [2.05, 4.69) is 84.2 Å². The Morgan fingerprint density at radius 2 is 1.66 bits per heavy atom. The van der Waals surface area contributed by atoms with Gasteiger partial charge in [-0.25, -0.2) is 4.98 Å². The van der Waals surface area contributed by atoms with Crippen LogP contribution in [0.2, 0.25) is 0 Å². The van der Waals surface area contributed by atoms with Crippen LogP contribution in [0.3, 0.4) is 0 Å². The summed E-state index contributed by atoms with van der Waals surface area (Å²) in [5.41, 5.74) is 8.05. The highest BCUT2D eigenvalue weighted by atomic mass is 16.3. The van der Waals surface area contributed by atoms with Gasteiger partial charge in [0.25, 0.3) is 0 Å². The lowest BCUT2D eigenvalue weighted by Crippen LogP contribution is -2.50. The maximum atomic E-state index is 6.41. The first-order chi connectivity index (χ1) is 14.0. The summed E-state index contributed by atoms with van der Waals surface area (Å²) in [6, 6.07) is 18.4. The molecule has 2 aromatic heterocycles. The van der Waals surface area contributed by atoms with Crippen LogP contribution in [0.1, 0.15) is 47.8 Å². The van der Waals surface area contributed by atoms with Crippen LogP contribution in [0.4, 0.5) is 5.69 Å². The van der Waals surface area contributed by atoms with Crippen molar-refractivity contribution >= 4 is 27.8 Å². The summed E-state index contributed by atoms with van der Waals surface area (Å²) in [4.78, 5) is 9.73. The van der Waals surface area contributed by atoms with Crippen LogP contribution >= 0.6 is 0 Å². The molecule has 2 bridgehead atoms. The lowest BCUT2D eigenvalue weighted by molar-refractivity contribution is 0.131. The molecule has 1 aliphatic carbocycles. The average molecular weight is 383 g/mol. The molecular weight excluding hydrogens is 358 g/mol. The Morgan fingerprint density at radius 3 is 2.45 bits per heavy atom. The number of nitrogens with zero attached hydrogens (tertiary/aromatic N) is 3. The fourth-order valence-corrected chi connectivity index (χ4v) is 5.51. The largest absolute Gasteiger partial charge is 0.436 e. The van der Waals surface area contributed by atoms with E-state index in [4.69, 9.17) is 4.42 Å². The van der Waals surface area contributed by atoms with Crippen LogP contribution < -0.4 is 4.90 Å². The van der Waals surface area contributed by atoms with E-state index in [-0.39, 0.29) is 6.17 Å². The number of anilines is 1. The highest BCUT2D eigenvalue weighted by Gasteiger charge is 2.46. The van der Waals surface area contributed by atoms with Gasteiger partial charge in [-0.15, -0.1) is 0 Å². The van der Waals surface area contributed by atoms with Crippen molar-refractivity contribution in [3.63, 3.8) is 0 Å². The molecule has 0 spiro atoms. The summed E-state index contributed by atoms with van der Waals surface area (Å²) in [7, 11) is 2.25. The standard InChI is InChI=1S/C25H25N3O/c1-14-9-11-19-20-12-10-15(2)26-25(20)29-24(19)23(14)28-16(3)27(4)21-13-22(28)18-8-6-5-7-17(18)21/h5-12,16,21-22H,13H2,1-4H3. The van der Waals surface area contributed by atoms with Gasteiger partial charge in [0.1, 0.15) is 0 Å². The monoisotopic (exact) mass is 383 g/mol. The number of rotatable bonds is 1. The summed E-state index contributed by atoms with van der Waals surface area (Å²) in [6.07, 6.45) is 1.39. The van der Waals surface area contributed by atoms with Crippen LogP contribution in [0, 0.1) is 13.8 Å². The van der Waals surface area contributed by atoms with E-state index in [0.717, 1.165) is 34.2 Å². The topological polar surface area (TPSA) is 32.5 Å². The Balaban J connectivity index is 1.63. The first kappa shape index (κ1) is 17.0. The van der Waals surface area contributed by atoms with Crippen molar-refractivity contribution in [2.24, 2.45) is 0 Å². The van der Waals surface area contributed by atoms with E-state index < -0.39 is 0 Å². The second-order valence-corrected chi connectivity index (χ2v) is 8.62. The Bertz CT molecular complexity index is 1270. The molecular formula is C25H25N3O. The zero-order chi connectivity index (χ0) is 19.9. The molecule has 1 fully saturated rings. The molecule has 0 N–H and O–H groups in total. The number of fused-ring (bicyclic) bond motifs is 8. The molecule has 0 amide bonds. The zero-order valence-corrected chi connectivity index (χ0v) is 17.3. The molecule has 2 aliphatic rings. The summed E-state index contributed by atoms with van der Waals surface area (Å²) < 4.78 is 6.41. The van der Waals surface area contributed by atoms with Crippen LogP contribution in [0.15, 0.2) is 52.9 Å². The van der Waals surface area contributed by atoms with Crippen molar-refractivity contribution in [3.05, 3.63) is 70.9 Å². The minimum Gasteiger partial charge on any atom is -0.436 e. The number of pyridine rings is 1. The van der Waals surface area contributed by atoms with E-state index in [1.807, 2.05) is 6.92 Å². The van der Waals surface area contributed by atoms with Gasteiger partial charge in [-0.1, -0.05) is 36.4 Å². The number of furan rings is 1. The van der Waals surface area contributed by atoms with Gasteiger partial charge in [0.15, 0.2) is 5.58 Å². The Kier molecular flexibility index (Phi) is 3.43. The van der Waals surface area contributed by atoms with Gasteiger partial charge in [0.05, 0.1) is 17.9 Å². The third-order valence-electron chi connectivity index (χ3n) is 7.06. The van der Waals surface area contributed by atoms with Gasteiger partial charge >= 0.3 is 0 Å². The lowest BCUT2D eigenvalue weighted by atomic mass is 10.0. The molecule has 1 aliphatic heterocycles. The summed E-state index contributed by atoms with van der Waals surface area (Å²) in [6.45, 7) is 6.52. The maximum Gasteiger partial charge on any atom is 0.227 e. The predicted octanol–water partition coefficient (Wildman–Crippen LogP) is 5.88. The third-order valence-corrected chi connectivity index (χ3v) is 7.06. The fraction of sp³-hybridized carbons (Fsp3) is 0.320. The van der Waals surface area contributed by atoms with E-state index in [1.54, 1.807) is 0 Å². The Hall–Kier alpha value is -2.85. The SMILES string of the molecule is Cc1ccc2c(n1)oc1c(N3C4CC(c5ccccc54)N(C)C3C)c(C)ccc12. The number of hydrogen-bond acceptors (Lipinski definition) is 4. The molecule has 4 aromatic rings. The van der Waals surface area contributed by atoms with E-state index >= 15 is 0 Å². The van der Waals surface area contributed by atoms with Crippen molar-refractivity contribution in [2.75, 3.05) is 11.9 Å². The number of hydrogen-bond donors (Lipinski definition) is 0. The highest BCUT2D eigenvalue weighted by molar-refractivity contribution is 6.08. The molecule has 6 rings (SSSR count). The van der Waals surface area contributed by atoms with Crippen LogP contribution in [-0.4, -0.2) is 23.1 Å². The molecule has 29 heavy (non-hydrogen) atoms. The van der Waals surface area contributed by atoms with Gasteiger partial charge in [-0.3, -0.25) is 4.90 Å². The first-order valence-electron chi connectivity index (χ1n) is 10.4. The molecule has 3 unspecified atom stereocenters. The third kappa shape index (κ3) is 2.21. The van der Waals surface area contributed by atoms with Gasteiger partial charge in [-0.05, 0) is 63.1 Å². The van der Waals surface area contributed by atoms with Gasteiger partial charge in [0.2, 0.25) is 5.71 Å². The summed E-state index contributed by atoms with van der Waals surface area (Å²) >= 11 is 0. The first-order valence-corrected chi connectivity index (χ1v) is 10.4. The predicted molar refractivity (Wildman–Crippen MR) is 117 cm³/mol. The van der Waals surface area contributed by atoms with Crippen molar-refractivity contribution < 1.29 is 4.42 Å². The average Bonchev–Trinajstić information content (AvgIpc) is 3.25. The molecule has 3 atom stereocenters. The lowest BCUT2D eigenvalue weighted by Gasteiger charge is -2.47. The van der Waals surface area contributed by atoms with Gasteiger partial charge < -0.3 is 9.32 Å². The zero-order valence-electron chi connectivity index (χ0n) is 17.3. The number of aromatic nitrogens is 1. The van der Waals surface area contributed by atoms with Crippen LogP contribution in [0.5, 0.6) is 0 Å². The second-order valence-electron chi connectivity index (χ2n) is 8.62. The Morgan fingerprint density at radius 1 is 0.931 bits per heavy atom. The Labute approximate surface area is 170 Å². The molecule has 4 heteroatoms. The molecule has 3 heterocycles.